The van der Waals surface area contributed by atoms with Gasteiger partial charge in [-0.15, -0.1) is 10.2 Å². The first-order chi connectivity index (χ1) is 8.08. The van der Waals surface area contributed by atoms with Gasteiger partial charge in [-0.2, -0.15) is 0 Å². The highest BCUT2D eigenvalue weighted by Crippen LogP contribution is 2.10. The fraction of sp³-hybridized carbons (Fsp3) is 0.556. The second kappa shape index (κ2) is 4.50. The van der Waals surface area contributed by atoms with Crippen LogP contribution in [-0.2, 0) is 22.7 Å². The third-order valence-corrected chi connectivity index (χ3v) is 2.66. The summed E-state index contributed by atoms with van der Waals surface area (Å²) in [4.78, 5) is 23.8. The van der Waals surface area contributed by atoms with Gasteiger partial charge < -0.3 is 20.3 Å². The molecule has 0 aromatic carbocycles. The van der Waals surface area contributed by atoms with Crippen LogP contribution < -0.4 is 5.73 Å². The van der Waals surface area contributed by atoms with Crippen molar-refractivity contribution in [3.05, 3.63) is 12.2 Å². The fourth-order valence-corrected chi connectivity index (χ4v) is 1.76. The van der Waals surface area contributed by atoms with Crippen LogP contribution in [0.4, 0.5) is 0 Å². The molecule has 8 nitrogen and oxygen atoms in total. The molecule has 0 aliphatic carbocycles. The number of hydrogen-bond acceptors (Lipinski definition) is 5. The van der Waals surface area contributed by atoms with Crippen molar-refractivity contribution >= 4 is 11.9 Å². The van der Waals surface area contributed by atoms with Crippen molar-refractivity contribution in [2.24, 2.45) is 5.73 Å². The van der Waals surface area contributed by atoms with E-state index in [1.807, 2.05) is 4.57 Å². The first-order valence-electron chi connectivity index (χ1n) is 5.21. The molecule has 2 heterocycles. The molecule has 2 rings (SSSR count). The van der Waals surface area contributed by atoms with Gasteiger partial charge in [0.1, 0.15) is 6.33 Å². The monoisotopic (exact) mass is 239 g/mol. The van der Waals surface area contributed by atoms with Crippen molar-refractivity contribution in [1.29, 1.82) is 0 Å². The number of amides is 1. The molecule has 0 radical (unpaired) electrons. The van der Waals surface area contributed by atoms with Crippen molar-refractivity contribution in [1.82, 2.24) is 19.7 Å². The number of nitrogens with two attached hydrogens (primary N) is 1. The van der Waals surface area contributed by atoms with E-state index >= 15 is 0 Å². The van der Waals surface area contributed by atoms with E-state index in [2.05, 4.69) is 10.2 Å². The van der Waals surface area contributed by atoms with Crippen LogP contribution in [0.5, 0.6) is 0 Å². The maximum atomic E-state index is 11.8. The Labute approximate surface area is 97.0 Å². The lowest BCUT2D eigenvalue weighted by Crippen LogP contribution is -2.47. The molecule has 0 bridgehead atoms. The van der Waals surface area contributed by atoms with E-state index < -0.39 is 12.0 Å². The Morgan fingerprint density at radius 1 is 1.53 bits per heavy atom. The zero-order chi connectivity index (χ0) is 12.4. The number of aliphatic carboxylic acids is 1. The van der Waals surface area contributed by atoms with Crippen LogP contribution in [0, 0.1) is 0 Å². The molecule has 0 saturated heterocycles. The third kappa shape index (κ3) is 2.41. The molecule has 1 aliphatic heterocycles. The van der Waals surface area contributed by atoms with E-state index in [4.69, 9.17) is 10.8 Å². The topological polar surface area (TPSA) is 114 Å². The lowest BCUT2D eigenvalue weighted by Gasteiger charge is -2.28. The van der Waals surface area contributed by atoms with Gasteiger partial charge in [0, 0.05) is 13.1 Å². The average Bonchev–Trinajstić information content (AvgIpc) is 2.73. The minimum atomic E-state index is -1.08. The molecular formula is C9H13N5O3. The van der Waals surface area contributed by atoms with Gasteiger partial charge in [-0.3, -0.25) is 9.59 Å². The average molecular weight is 239 g/mol. The number of rotatable bonds is 3. The van der Waals surface area contributed by atoms with Gasteiger partial charge in [-0.1, -0.05) is 0 Å². The zero-order valence-corrected chi connectivity index (χ0v) is 9.11. The van der Waals surface area contributed by atoms with E-state index in [1.54, 1.807) is 6.33 Å². The number of carbonyl (C=O) groups is 2. The summed E-state index contributed by atoms with van der Waals surface area (Å²) >= 11 is 0. The standard InChI is InChI=1S/C9H13N5O3/c10-6(3-8(15)16)9(17)13-1-2-14-5-11-12-7(14)4-13/h5-6H,1-4,10H2,(H,15,16). The first-order valence-corrected chi connectivity index (χ1v) is 5.21. The predicted octanol–water partition coefficient (Wildman–Crippen LogP) is -1.58. The number of aromatic nitrogens is 3. The van der Waals surface area contributed by atoms with E-state index in [1.165, 1.54) is 4.90 Å². The minimum Gasteiger partial charge on any atom is -0.481 e. The van der Waals surface area contributed by atoms with Crippen molar-refractivity contribution in [2.75, 3.05) is 6.54 Å². The summed E-state index contributed by atoms with van der Waals surface area (Å²) in [5, 5.41) is 16.2. The minimum absolute atomic E-state index is 0.326. The van der Waals surface area contributed by atoms with Gasteiger partial charge in [0.15, 0.2) is 5.82 Å². The Hall–Kier alpha value is -1.96. The molecule has 0 saturated carbocycles. The third-order valence-electron chi connectivity index (χ3n) is 2.66. The highest BCUT2D eigenvalue weighted by molar-refractivity contribution is 5.85. The molecule has 0 spiro atoms. The smallest absolute Gasteiger partial charge is 0.305 e. The summed E-state index contributed by atoms with van der Waals surface area (Å²) < 4.78 is 1.85. The lowest BCUT2D eigenvalue weighted by atomic mass is 10.2. The van der Waals surface area contributed by atoms with Crippen LogP contribution >= 0.6 is 0 Å². The first kappa shape index (κ1) is 11.5. The summed E-state index contributed by atoms with van der Waals surface area (Å²) in [5.41, 5.74) is 5.53. The van der Waals surface area contributed by atoms with Gasteiger partial charge in [0.05, 0.1) is 19.0 Å². The van der Waals surface area contributed by atoms with Crippen LogP contribution in [0.1, 0.15) is 12.2 Å². The van der Waals surface area contributed by atoms with Crippen molar-refractivity contribution in [3.63, 3.8) is 0 Å². The number of nitrogens with zero attached hydrogens (tertiary/aromatic N) is 4. The van der Waals surface area contributed by atoms with Gasteiger partial charge in [0.25, 0.3) is 0 Å². The number of fused-ring (bicyclic) bond motifs is 1. The molecular weight excluding hydrogens is 226 g/mol. The fourth-order valence-electron chi connectivity index (χ4n) is 1.76. The van der Waals surface area contributed by atoms with E-state index in [0.29, 0.717) is 25.5 Å². The van der Waals surface area contributed by atoms with Crippen molar-refractivity contribution in [3.8, 4) is 0 Å². The van der Waals surface area contributed by atoms with E-state index in [0.717, 1.165) is 0 Å². The Morgan fingerprint density at radius 2 is 2.29 bits per heavy atom. The van der Waals surface area contributed by atoms with Gasteiger partial charge in [0.2, 0.25) is 5.91 Å². The Bertz CT molecular complexity index is 444. The number of carboxylic acid groups (broad SMARTS) is 1. The molecule has 1 atom stereocenters. The second-order valence-corrected chi connectivity index (χ2v) is 3.90. The van der Waals surface area contributed by atoms with Crippen molar-refractivity contribution < 1.29 is 14.7 Å². The summed E-state index contributed by atoms with van der Waals surface area (Å²) in [6.07, 6.45) is 1.25. The SMILES string of the molecule is NC(CC(=O)O)C(=O)N1CCn2cnnc2C1. The van der Waals surface area contributed by atoms with Crippen LogP contribution in [0.15, 0.2) is 6.33 Å². The van der Waals surface area contributed by atoms with Crippen LogP contribution in [0.3, 0.4) is 0 Å². The van der Waals surface area contributed by atoms with Gasteiger partial charge >= 0.3 is 5.97 Å². The molecule has 8 heteroatoms. The van der Waals surface area contributed by atoms with Crippen LogP contribution in [-0.4, -0.2) is 49.2 Å². The molecule has 1 aromatic rings. The summed E-state index contributed by atoms with van der Waals surface area (Å²) in [7, 11) is 0. The maximum Gasteiger partial charge on any atom is 0.305 e. The largest absolute Gasteiger partial charge is 0.481 e. The Balaban J connectivity index is 2.00. The highest BCUT2D eigenvalue weighted by atomic mass is 16.4. The molecule has 92 valence electrons. The molecule has 1 aromatic heterocycles. The lowest BCUT2D eigenvalue weighted by molar-refractivity contribution is -0.142. The van der Waals surface area contributed by atoms with E-state index in [9.17, 15) is 9.59 Å². The normalized spacial score (nSPS) is 16.4. The van der Waals surface area contributed by atoms with Gasteiger partial charge in [-0.05, 0) is 0 Å². The Morgan fingerprint density at radius 3 is 3.00 bits per heavy atom. The van der Waals surface area contributed by atoms with Crippen molar-refractivity contribution in [2.45, 2.75) is 25.6 Å². The number of carboxylic acids is 1. The second-order valence-electron chi connectivity index (χ2n) is 3.90. The summed E-state index contributed by atoms with van der Waals surface area (Å²) in [6.45, 7) is 1.43. The summed E-state index contributed by atoms with van der Waals surface area (Å²) in [5.74, 6) is -0.750. The number of carbonyl (C=O) groups excluding carboxylic acids is 1. The van der Waals surface area contributed by atoms with Gasteiger partial charge in [-0.25, -0.2) is 0 Å². The van der Waals surface area contributed by atoms with Crippen LogP contribution in [0.25, 0.3) is 0 Å². The zero-order valence-electron chi connectivity index (χ0n) is 9.11. The molecule has 17 heavy (non-hydrogen) atoms. The quantitative estimate of drug-likeness (QED) is 0.658. The van der Waals surface area contributed by atoms with E-state index in [-0.39, 0.29) is 12.3 Å². The molecule has 1 unspecified atom stereocenters. The molecule has 1 amide bonds. The molecule has 3 N–H and O–H groups in total. The Kier molecular flexibility index (Phi) is 3.05. The predicted molar refractivity (Wildman–Crippen MR) is 55.7 cm³/mol. The highest BCUT2D eigenvalue weighted by Gasteiger charge is 2.27. The summed E-state index contributed by atoms with van der Waals surface area (Å²) in [6, 6.07) is -0.998. The number of hydrogen-bond donors (Lipinski definition) is 2. The van der Waals surface area contributed by atoms with Crippen LogP contribution in [0.2, 0.25) is 0 Å². The maximum absolute atomic E-state index is 11.8. The molecule has 0 fully saturated rings. The molecule has 1 aliphatic rings.